The summed E-state index contributed by atoms with van der Waals surface area (Å²) in [6.45, 7) is 7.27. The van der Waals surface area contributed by atoms with Crippen LogP contribution in [0.1, 0.15) is 24.0 Å². The molecule has 0 aliphatic heterocycles. The van der Waals surface area contributed by atoms with Gasteiger partial charge >= 0.3 is 0 Å². The summed E-state index contributed by atoms with van der Waals surface area (Å²) in [5.74, 6) is 0.987. The fraction of sp³-hybridized carbons (Fsp3) is 0.429. The SMILES string of the molecule is C=C(Br)COc1c(C)cccc1CNC1CC1. The van der Waals surface area contributed by atoms with Crippen LogP contribution in [-0.2, 0) is 6.54 Å². The molecular formula is C14H18BrNO. The minimum Gasteiger partial charge on any atom is -0.488 e. The Kier molecular flexibility index (Phi) is 4.24. The summed E-state index contributed by atoms with van der Waals surface area (Å²) in [7, 11) is 0. The highest BCUT2D eigenvalue weighted by atomic mass is 79.9. The van der Waals surface area contributed by atoms with Crippen LogP contribution >= 0.6 is 15.9 Å². The molecule has 0 saturated heterocycles. The molecule has 0 unspecified atom stereocenters. The zero-order valence-electron chi connectivity index (χ0n) is 10.1. The zero-order valence-corrected chi connectivity index (χ0v) is 11.7. The third-order valence-electron chi connectivity index (χ3n) is 2.83. The first-order valence-corrected chi connectivity index (χ1v) is 6.74. The van der Waals surface area contributed by atoms with Crippen LogP contribution < -0.4 is 10.1 Å². The number of benzene rings is 1. The molecule has 0 amide bonds. The third kappa shape index (κ3) is 3.86. The largest absolute Gasteiger partial charge is 0.488 e. The molecule has 1 saturated carbocycles. The summed E-state index contributed by atoms with van der Waals surface area (Å²) in [5, 5.41) is 3.51. The highest BCUT2D eigenvalue weighted by molar-refractivity contribution is 9.11. The Labute approximate surface area is 111 Å². The average molecular weight is 296 g/mol. The van der Waals surface area contributed by atoms with Crippen LogP contribution in [0.4, 0.5) is 0 Å². The van der Waals surface area contributed by atoms with Crippen LogP contribution in [0.15, 0.2) is 29.3 Å². The molecule has 0 atom stereocenters. The maximum atomic E-state index is 5.80. The summed E-state index contributed by atoms with van der Waals surface area (Å²) in [6, 6.07) is 6.99. The van der Waals surface area contributed by atoms with Gasteiger partial charge in [0.15, 0.2) is 0 Å². The standard InChI is InChI=1S/C14H18BrNO/c1-10-4-3-5-12(8-16-13-6-7-13)14(10)17-9-11(2)15/h3-5,13,16H,2,6-9H2,1H3. The maximum absolute atomic E-state index is 5.80. The van der Waals surface area contributed by atoms with Gasteiger partial charge in [0.05, 0.1) is 0 Å². The van der Waals surface area contributed by atoms with Gasteiger partial charge in [0.1, 0.15) is 12.4 Å². The molecule has 1 fully saturated rings. The van der Waals surface area contributed by atoms with E-state index in [1.54, 1.807) is 0 Å². The zero-order chi connectivity index (χ0) is 12.3. The van der Waals surface area contributed by atoms with Gasteiger partial charge in [-0.25, -0.2) is 0 Å². The lowest BCUT2D eigenvalue weighted by atomic mass is 10.1. The number of hydrogen-bond donors (Lipinski definition) is 1. The van der Waals surface area contributed by atoms with E-state index in [9.17, 15) is 0 Å². The molecule has 0 heterocycles. The summed E-state index contributed by atoms with van der Waals surface area (Å²) in [4.78, 5) is 0. The van der Waals surface area contributed by atoms with Crippen LogP contribution in [0.25, 0.3) is 0 Å². The smallest absolute Gasteiger partial charge is 0.127 e. The van der Waals surface area contributed by atoms with Gasteiger partial charge in [-0.15, -0.1) is 0 Å². The monoisotopic (exact) mass is 295 g/mol. The predicted molar refractivity (Wildman–Crippen MR) is 74.6 cm³/mol. The average Bonchev–Trinajstić information content (AvgIpc) is 3.08. The lowest BCUT2D eigenvalue weighted by molar-refractivity contribution is 0.353. The molecule has 1 aliphatic carbocycles. The highest BCUT2D eigenvalue weighted by Crippen LogP contribution is 2.26. The number of nitrogens with one attached hydrogen (secondary N) is 1. The molecule has 3 heteroatoms. The molecule has 0 radical (unpaired) electrons. The topological polar surface area (TPSA) is 21.3 Å². The number of aryl methyl sites for hydroxylation is 1. The van der Waals surface area contributed by atoms with Crippen LogP contribution in [0, 0.1) is 6.92 Å². The molecule has 0 aromatic heterocycles. The van der Waals surface area contributed by atoms with Gasteiger partial charge < -0.3 is 10.1 Å². The molecule has 0 spiro atoms. The maximum Gasteiger partial charge on any atom is 0.127 e. The van der Waals surface area contributed by atoms with Gasteiger partial charge in [-0.1, -0.05) is 40.7 Å². The van der Waals surface area contributed by atoms with Crippen molar-refractivity contribution in [1.82, 2.24) is 5.32 Å². The van der Waals surface area contributed by atoms with Gasteiger partial charge in [0.25, 0.3) is 0 Å². The summed E-state index contributed by atoms with van der Waals surface area (Å²) >= 11 is 3.32. The van der Waals surface area contributed by atoms with Crippen molar-refractivity contribution in [3.8, 4) is 5.75 Å². The van der Waals surface area contributed by atoms with Crippen LogP contribution in [0.3, 0.4) is 0 Å². The van der Waals surface area contributed by atoms with Gasteiger partial charge in [0, 0.05) is 22.6 Å². The van der Waals surface area contributed by atoms with E-state index in [2.05, 4.69) is 52.9 Å². The van der Waals surface area contributed by atoms with Crippen LogP contribution in [0.2, 0.25) is 0 Å². The van der Waals surface area contributed by atoms with E-state index in [1.165, 1.54) is 24.0 Å². The first kappa shape index (κ1) is 12.7. The van der Waals surface area contributed by atoms with Crippen molar-refractivity contribution in [1.29, 1.82) is 0 Å². The van der Waals surface area contributed by atoms with Gasteiger partial charge in [-0.2, -0.15) is 0 Å². The molecule has 17 heavy (non-hydrogen) atoms. The van der Waals surface area contributed by atoms with E-state index < -0.39 is 0 Å². The number of hydrogen-bond acceptors (Lipinski definition) is 2. The predicted octanol–water partition coefficient (Wildman–Crippen LogP) is 3.53. The number of ether oxygens (including phenoxy) is 1. The Morgan fingerprint density at radius 3 is 2.94 bits per heavy atom. The van der Waals surface area contributed by atoms with Crippen molar-refractivity contribution in [2.75, 3.05) is 6.61 Å². The van der Waals surface area contributed by atoms with Crippen molar-refractivity contribution in [3.05, 3.63) is 40.4 Å². The van der Waals surface area contributed by atoms with Gasteiger partial charge in [-0.3, -0.25) is 0 Å². The van der Waals surface area contributed by atoms with E-state index in [0.717, 1.165) is 22.8 Å². The molecule has 1 N–H and O–H groups in total. The first-order valence-electron chi connectivity index (χ1n) is 5.95. The number of halogens is 1. The van der Waals surface area contributed by atoms with Crippen LogP contribution in [0.5, 0.6) is 5.75 Å². The minimum atomic E-state index is 0.515. The number of para-hydroxylation sites is 1. The van der Waals surface area contributed by atoms with Gasteiger partial charge in [-0.05, 0) is 25.3 Å². The van der Waals surface area contributed by atoms with E-state index >= 15 is 0 Å². The summed E-state index contributed by atoms with van der Waals surface area (Å²) in [6.07, 6.45) is 2.61. The summed E-state index contributed by atoms with van der Waals surface area (Å²) in [5.41, 5.74) is 2.40. The second kappa shape index (κ2) is 5.69. The van der Waals surface area contributed by atoms with Crippen molar-refractivity contribution in [2.45, 2.75) is 32.4 Å². The molecule has 1 aliphatic rings. The van der Waals surface area contributed by atoms with Crippen molar-refractivity contribution in [3.63, 3.8) is 0 Å². The molecule has 2 rings (SSSR count). The summed E-state index contributed by atoms with van der Waals surface area (Å²) < 4.78 is 6.66. The van der Waals surface area contributed by atoms with Crippen molar-refractivity contribution < 1.29 is 4.74 Å². The Balaban J connectivity index is 2.05. The quantitative estimate of drug-likeness (QED) is 0.867. The molecule has 0 bridgehead atoms. The highest BCUT2D eigenvalue weighted by Gasteiger charge is 2.20. The molecule has 92 valence electrons. The third-order valence-corrected chi connectivity index (χ3v) is 3.05. The van der Waals surface area contributed by atoms with E-state index in [4.69, 9.17) is 4.74 Å². The minimum absolute atomic E-state index is 0.515. The van der Waals surface area contributed by atoms with Crippen molar-refractivity contribution in [2.24, 2.45) is 0 Å². The lowest BCUT2D eigenvalue weighted by Gasteiger charge is -2.14. The second-order valence-corrected chi connectivity index (χ2v) is 5.65. The molecule has 1 aromatic rings. The molecule has 2 nitrogen and oxygen atoms in total. The second-order valence-electron chi connectivity index (χ2n) is 4.52. The lowest BCUT2D eigenvalue weighted by Crippen LogP contribution is -2.16. The Morgan fingerprint density at radius 2 is 2.29 bits per heavy atom. The normalized spacial score (nSPS) is 14.7. The Hall–Kier alpha value is -0.800. The fourth-order valence-electron chi connectivity index (χ4n) is 1.75. The van der Waals surface area contributed by atoms with E-state index in [-0.39, 0.29) is 0 Å². The van der Waals surface area contributed by atoms with E-state index in [0.29, 0.717) is 6.61 Å². The Bertz CT molecular complexity index is 413. The van der Waals surface area contributed by atoms with Gasteiger partial charge in [0.2, 0.25) is 0 Å². The fourth-order valence-corrected chi connectivity index (χ4v) is 1.87. The molecule has 1 aromatic carbocycles. The first-order chi connectivity index (χ1) is 8.16. The van der Waals surface area contributed by atoms with Crippen molar-refractivity contribution >= 4 is 15.9 Å². The van der Waals surface area contributed by atoms with Crippen LogP contribution in [-0.4, -0.2) is 12.6 Å². The molecular weight excluding hydrogens is 278 g/mol. The Morgan fingerprint density at radius 1 is 1.53 bits per heavy atom. The number of rotatable bonds is 6. The van der Waals surface area contributed by atoms with E-state index in [1.807, 2.05) is 0 Å².